The molecule has 1 rings (SSSR count). The van der Waals surface area contributed by atoms with Gasteiger partial charge in [0.1, 0.15) is 0 Å². The lowest BCUT2D eigenvalue weighted by Crippen LogP contribution is -2.41. The lowest BCUT2D eigenvalue weighted by molar-refractivity contribution is -0.387. The standard InChI is InChI=1S/C10H14BrN3O4/c1-3-12-6-8(14(17)18)9(15)13(10(12)16)5-7(2)4-11/h6-7H,3-5H2,1-2H3. The van der Waals surface area contributed by atoms with Gasteiger partial charge in [0, 0.05) is 18.4 Å². The summed E-state index contributed by atoms with van der Waals surface area (Å²) in [5, 5.41) is 11.4. The fourth-order valence-corrected chi connectivity index (χ4v) is 1.72. The van der Waals surface area contributed by atoms with Crippen LogP contribution in [0.4, 0.5) is 5.69 Å². The van der Waals surface area contributed by atoms with Crippen molar-refractivity contribution in [1.82, 2.24) is 9.13 Å². The Morgan fingerprint density at radius 1 is 1.50 bits per heavy atom. The molecule has 8 heteroatoms. The Balaban J connectivity index is 3.48. The van der Waals surface area contributed by atoms with Crippen LogP contribution in [0.1, 0.15) is 13.8 Å². The summed E-state index contributed by atoms with van der Waals surface area (Å²) < 4.78 is 2.09. The second kappa shape index (κ2) is 5.94. The maximum absolute atomic E-state index is 11.9. The Bertz CT molecular complexity index is 563. The highest BCUT2D eigenvalue weighted by Crippen LogP contribution is 2.04. The van der Waals surface area contributed by atoms with Crippen LogP contribution in [0.5, 0.6) is 0 Å². The van der Waals surface area contributed by atoms with E-state index in [1.54, 1.807) is 6.92 Å². The fourth-order valence-electron chi connectivity index (χ4n) is 1.51. The molecule has 0 aliphatic rings. The van der Waals surface area contributed by atoms with E-state index in [2.05, 4.69) is 15.9 Å². The molecule has 0 saturated carbocycles. The van der Waals surface area contributed by atoms with Crippen molar-refractivity contribution in [3.63, 3.8) is 0 Å². The maximum atomic E-state index is 11.9. The smallest absolute Gasteiger partial charge is 0.294 e. The molecule has 0 bridgehead atoms. The topological polar surface area (TPSA) is 87.1 Å². The van der Waals surface area contributed by atoms with Crippen LogP contribution in [0.3, 0.4) is 0 Å². The summed E-state index contributed by atoms with van der Waals surface area (Å²) in [6.07, 6.45) is 1.000. The number of alkyl halides is 1. The van der Waals surface area contributed by atoms with Crippen molar-refractivity contribution in [3.8, 4) is 0 Å². The third-order valence-electron chi connectivity index (χ3n) is 2.51. The molecule has 1 heterocycles. The highest BCUT2D eigenvalue weighted by atomic mass is 79.9. The predicted octanol–water partition coefficient (Wildman–Crippen LogP) is 0.969. The lowest BCUT2D eigenvalue weighted by atomic mass is 10.2. The third kappa shape index (κ3) is 2.87. The first kappa shape index (κ1) is 14.6. The summed E-state index contributed by atoms with van der Waals surface area (Å²) >= 11 is 3.25. The molecule has 0 aliphatic heterocycles. The van der Waals surface area contributed by atoms with Gasteiger partial charge in [0.15, 0.2) is 0 Å². The molecule has 0 saturated heterocycles. The van der Waals surface area contributed by atoms with Gasteiger partial charge in [-0.15, -0.1) is 0 Å². The number of nitrogens with zero attached hydrogens (tertiary/aromatic N) is 3. The van der Waals surface area contributed by atoms with Gasteiger partial charge in [-0.3, -0.25) is 24.0 Å². The second-order valence-corrected chi connectivity index (χ2v) is 4.66. The maximum Gasteiger partial charge on any atom is 0.350 e. The van der Waals surface area contributed by atoms with Crippen LogP contribution in [0.15, 0.2) is 15.8 Å². The number of rotatable bonds is 5. The molecule has 18 heavy (non-hydrogen) atoms. The second-order valence-electron chi connectivity index (χ2n) is 4.02. The molecule has 0 aromatic carbocycles. The van der Waals surface area contributed by atoms with Crippen LogP contribution >= 0.6 is 15.9 Å². The quantitative estimate of drug-likeness (QED) is 0.459. The fraction of sp³-hybridized carbons (Fsp3) is 0.600. The minimum absolute atomic E-state index is 0.0303. The average molecular weight is 320 g/mol. The van der Waals surface area contributed by atoms with Crippen molar-refractivity contribution < 1.29 is 4.92 Å². The molecule has 1 aromatic heterocycles. The number of hydrogen-bond donors (Lipinski definition) is 0. The largest absolute Gasteiger partial charge is 0.350 e. The minimum Gasteiger partial charge on any atom is -0.294 e. The highest BCUT2D eigenvalue weighted by molar-refractivity contribution is 9.09. The predicted molar refractivity (Wildman–Crippen MR) is 70.2 cm³/mol. The minimum atomic E-state index is -0.845. The van der Waals surface area contributed by atoms with Gasteiger partial charge in [0.25, 0.3) is 0 Å². The summed E-state index contributed by atoms with van der Waals surface area (Å²) in [5.74, 6) is 0.0303. The van der Waals surface area contributed by atoms with Crippen molar-refractivity contribution in [1.29, 1.82) is 0 Å². The summed E-state index contributed by atoms with van der Waals surface area (Å²) in [6, 6.07) is 0. The van der Waals surface area contributed by atoms with Gasteiger partial charge in [0.05, 0.1) is 11.1 Å². The van der Waals surface area contributed by atoms with Gasteiger partial charge in [-0.05, 0) is 12.8 Å². The van der Waals surface area contributed by atoms with E-state index in [1.165, 1.54) is 4.57 Å². The first-order valence-electron chi connectivity index (χ1n) is 5.47. The SMILES string of the molecule is CCn1cc([N+](=O)[O-])c(=O)n(CC(C)CBr)c1=O. The third-order valence-corrected chi connectivity index (χ3v) is 3.62. The van der Waals surface area contributed by atoms with Crippen LogP contribution in [-0.2, 0) is 13.1 Å². The normalized spacial score (nSPS) is 12.4. The van der Waals surface area contributed by atoms with E-state index in [-0.39, 0.29) is 19.0 Å². The van der Waals surface area contributed by atoms with E-state index in [1.807, 2.05) is 6.92 Å². The van der Waals surface area contributed by atoms with Crippen LogP contribution in [0.2, 0.25) is 0 Å². The monoisotopic (exact) mass is 319 g/mol. The number of aryl methyl sites for hydroxylation is 1. The Hall–Kier alpha value is -1.44. The molecule has 0 fully saturated rings. The van der Waals surface area contributed by atoms with Crippen LogP contribution in [-0.4, -0.2) is 19.4 Å². The molecule has 0 N–H and O–H groups in total. The molecule has 1 unspecified atom stereocenters. The molecule has 0 radical (unpaired) electrons. The zero-order chi connectivity index (χ0) is 13.9. The first-order valence-corrected chi connectivity index (χ1v) is 6.59. The Morgan fingerprint density at radius 3 is 2.56 bits per heavy atom. The van der Waals surface area contributed by atoms with Crippen molar-refractivity contribution >= 4 is 21.6 Å². The van der Waals surface area contributed by atoms with E-state index in [9.17, 15) is 19.7 Å². The number of halogens is 1. The molecule has 7 nitrogen and oxygen atoms in total. The molecule has 0 amide bonds. The van der Waals surface area contributed by atoms with Gasteiger partial charge < -0.3 is 0 Å². The Morgan fingerprint density at radius 2 is 2.11 bits per heavy atom. The van der Waals surface area contributed by atoms with E-state index in [0.29, 0.717) is 5.33 Å². The number of nitro groups is 1. The average Bonchev–Trinajstić information content (AvgIpc) is 2.33. The molecule has 0 spiro atoms. The summed E-state index contributed by atoms with van der Waals surface area (Å²) in [6.45, 7) is 3.97. The van der Waals surface area contributed by atoms with Crippen molar-refractivity contribution in [2.75, 3.05) is 5.33 Å². The molecular formula is C10H14BrN3O4. The van der Waals surface area contributed by atoms with Crippen molar-refractivity contribution in [2.24, 2.45) is 5.92 Å². The Labute approximate surface area is 111 Å². The van der Waals surface area contributed by atoms with Crippen LogP contribution < -0.4 is 11.2 Å². The van der Waals surface area contributed by atoms with E-state index >= 15 is 0 Å². The van der Waals surface area contributed by atoms with Crippen LogP contribution in [0, 0.1) is 16.0 Å². The van der Waals surface area contributed by atoms with E-state index in [0.717, 1.165) is 10.8 Å². The van der Waals surface area contributed by atoms with Gasteiger partial charge in [0.2, 0.25) is 0 Å². The zero-order valence-corrected chi connectivity index (χ0v) is 11.7. The summed E-state index contributed by atoms with van der Waals surface area (Å²) in [4.78, 5) is 33.8. The summed E-state index contributed by atoms with van der Waals surface area (Å²) in [5.41, 5.74) is -1.93. The summed E-state index contributed by atoms with van der Waals surface area (Å²) in [7, 11) is 0. The molecule has 1 aromatic rings. The van der Waals surface area contributed by atoms with Crippen LogP contribution in [0.25, 0.3) is 0 Å². The number of hydrogen-bond acceptors (Lipinski definition) is 4. The van der Waals surface area contributed by atoms with E-state index in [4.69, 9.17) is 0 Å². The lowest BCUT2D eigenvalue weighted by Gasteiger charge is -2.11. The van der Waals surface area contributed by atoms with Gasteiger partial charge >= 0.3 is 16.9 Å². The Kier molecular flexibility index (Phi) is 4.83. The molecule has 100 valence electrons. The molecular weight excluding hydrogens is 306 g/mol. The molecule has 1 atom stereocenters. The molecule has 0 aliphatic carbocycles. The zero-order valence-electron chi connectivity index (χ0n) is 10.1. The van der Waals surface area contributed by atoms with E-state index < -0.39 is 21.9 Å². The van der Waals surface area contributed by atoms with Gasteiger partial charge in [-0.2, -0.15) is 0 Å². The van der Waals surface area contributed by atoms with Gasteiger partial charge in [-0.1, -0.05) is 22.9 Å². The van der Waals surface area contributed by atoms with Gasteiger partial charge in [-0.25, -0.2) is 4.79 Å². The highest BCUT2D eigenvalue weighted by Gasteiger charge is 2.20. The first-order chi connectivity index (χ1) is 8.42. The van der Waals surface area contributed by atoms with Crippen molar-refractivity contribution in [3.05, 3.63) is 37.1 Å². The number of aromatic nitrogens is 2. The van der Waals surface area contributed by atoms with Crippen molar-refractivity contribution in [2.45, 2.75) is 26.9 Å².